The van der Waals surface area contributed by atoms with Crippen molar-refractivity contribution in [3.8, 4) is 0 Å². The third-order valence-corrected chi connectivity index (χ3v) is 3.45. The molecule has 0 unspecified atom stereocenters. The molecule has 0 saturated heterocycles. The van der Waals surface area contributed by atoms with E-state index < -0.39 is 10.8 Å². The summed E-state index contributed by atoms with van der Waals surface area (Å²) in [5.74, 6) is -0.571. The number of amides is 1. The van der Waals surface area contributed by atoms with Crippen molar-refractivity contribution in [1.82, 2.24) is 0 Å². The van der Waals surface area contributed by atoms with Gasteiger partial charge in [-0.2, -0.15) is 0 Å². The number of benzene rings is 2. The Morgan fingerprint density at radius 1 is 1.05 bits per heavy atom. The summed E-state index contributed by atoms with van der Waals surface area (Å²) < 4.78 is 0. The lowest BCUT2D eigenvalue weighted by atomic mass is 10.1. The normalized spacial score (nSPS) is 10.0. The first-order valence-electron chi connectivity index (χ1n) is 6.27. The van der Waals surface area contributed by atoms with E-state index in [1.165, 1.54) is 42.5 Å². The maximum Gasteiger partial charge on any atom is 0.292 e. The van der Waals surface area contributed by atoms with E-state index in [-0.39, 0.29) is 22.5 Å². The molecule has 2 rings (SSSR count). The summed E-state index contributed by atoms with van der Waals surface area (Å²) in [6.07, 6.45) is 0. The molecule has 0 spiro atoms. The minimum atomic E-state index is -0.562. The predicted molar refractivity (Wildman–Crippen MR) is 85.6 cm³/mol. The number of anilines is 1. The van der Waals surface area contributed by atoms with Crippen LogP contribution in [0.2, 0.25) is 0 Å². The van der Waals surface area contributed by atoms with Gasteiger partial charge in [0, 0.05) is 17.2 Å². The molecule has 0 saturated carbocycles. The average Bonchev–Trinajstić information content (AvgIpc) is 2.54. The molecule has 6 nitrogen and oxygen atoms in total. The molecule has 22 heavy (non-hydrogen) atoms. The second-order valence-corrected chi connectivity index (χ2v) is 4.92. The maximum absolute atomic E-state index is 12.1. The molecule has 1 N–H and O–H groups in total. The van der Waals surface area contributed by atoms with Gasteiger partial charge in [0.1, 0.15) is 5.69 Å². The second-order valence-electron chi connectivity index (χ2n) is 4.36. The number of nitro groups is 1. The number of hydrogen-bond donors (Lipinski definition) is 1. The summed E-state index contributed by atoms with van der Waals surface area (Å²) in [7, 11) is 0. The monoisotopic (exact) mass is 362 g/mol. The molecule has 7 heteroatoms. The standard InChI is InChI=1S/C15H11BrN2O4/c16-9-14(19)10-5-7-11(8-6-10)15(20)17-12-3-1-2-4-13(12)18(21)22/h1-8H,9H2,(H,17,20). The first-order valence-corrected chi connectivity index (χ1v) is 7.39. The van der Waals surface area contributed by atoms with Gasteiger partial charge in [0.15, 0.2) is 5.78 Å². The Balaban J connectivity index is 2.19. The highest BCUT2D eigenvalue weighted by Crippen LogP contribution is 2.23. The minimum Gasteiger partial charge on any atom is -0.316 e. The minimum absolute atomic E-state index is 0.0920. The van der Waals surface area contributed by atoms with Crippen LogP contribution >= 0.6 is 15.9 Å². The van der Waals surface area contributed by atoms with Crippen molar-refractivity contribution in [2.75, 3.05) is 10.6 Å². The molecule has 1 amide bonds. The third kappa shape index (κ3) is 3.56. The quantitative estimate of drug-likeness (QED) is 0.382. The number of para-hydroxylation sites is 2. The fourth-order valence-corrected chi connectivity index (χ4v) is 2.14. The topological polar surface area (TPSA) is 89.3 Å². The highest BCUT2D eigenvalue weighted by molar-refractivity contribution is 9.09. The molecular formula is C15H11BrN2O4. The number of alkyl halides is 1. The van der Waals surface area contributed by atoms with Gasteiger partial charge in [-0.3, -0.25) is 19.7 Å². The zero-order chi connectivity index (χ0) is 16.1. The fraction of sp³-hybridized carbons (Fsp3) is 0.0667. The smallest absolute Gasteiger partial charge is 0.292 e. The van der Waals surface area contributed by atoms with Gasteiger partial charge in [-0.05, 0) is 18.2 Å². The van der Waals surface area contributed by atoms with Crippen molar-refractivity contribution < 1.29 is 14.5 Å². The molecule has 0 aliphatic rings. The number of hydrogen-bond acceptors (Lipinski definition) is 4. The average molecular weight is 363 g/mol. The zero-order valence-corrected chi connectivity index (χ0v) is 12.9. The Morgan fingerprint density at radius 3 is 2.23 bits per heavy atom. The van der Waals surface area contributed by atoms with Gasteiger partial charge >= 0.3 is 0 Å². The van der Waals surface area contributed by atoms with E-state index in [9.17, 15) is 19.7 Å². The number of halogens is 1. The highest BCUT2D eigenvalue weighted by atomic mass is 79.9. The number of Topliss-reactive ketones (excluding diaryl/α,β-unsaturated/α-hetero) is 1. The molecule has 0 atom stereocenters. The van der Waals surface area contributed by atoms with Gasteiger partial charge in [0.2, 0.25) is 0 Å². The fourth-order valence-electron chi connectivity index (χ4n) is 1.82. The predicted octanol–water partition coefficient (Wildman–Crippen LogP) is 3.42. The Hall–Kier alpha value is -2.54. The van der Waals surface area contributed by atoms with E-state index in [4.69, 9.17) is 0 Å². The SMILES string of the molecule is O=C(CBr)c1ccc(C(=O)Nc2ccccc2[N+](=O)[O-])cc1. The number of nitrogens with zero attached hydrogens (tertiary/aromatic N) is 1. The van der Waals surface area contributed by atoms with Crippen LogP contribution in [0.3, 0.4) is 0 Å². The largest absolute Gasteiger partial charge is 0.316 e. The Bertz CT molecular complexity index is 729. The van der Waals surface area contributed by atoms with Crippen molar-refractivity contribution in [1.29, 1.82) is 0 Å². The first-order chi connectivity index (χ1) is 10.5. The molecule has 2 aromatic carbocycles. The van der Waals surface area contributed by atoms with Gasteiger partial charge in [-0.25, -0.2) is 0 Å². The van der Waals surface area contributed by atoms with Crippen LogP contribution in [-0.4, -0.2) is 21.9 Å². The summed E-state index contributed by atoms with van der Waals surface area (Å²) >= 11 is 3.07. The number of carbonyl (C=O) groups is 2. The Kier molecular flexibility index (Phi) is 5.00. The van der Waals surface area contributed by atoms with E-state index in [1.807, 2.05) is 0 Å². The summed E-state index contributed by atoms with van der Waals surface area (Å²) in [6.45, 7) is 0. The molecule has 0 aliphatic carbocycles. The molecular weight excluding hydrogens is 352 g/mol. The van der Waals surface area contributed by atoms with Gasteiger partial charge in [-0.15, -0.1) is 0 Å². The molecule has 0 radical (unpaired) electrons. The lowest BCUT2D eigenvalue weighted by Crippen LogP contribution is -2.13. The van der Waals surface area contributed by atoms with E-state index in [1.54, 1.807) is 6.07 Å². The molecule has 0 aliphatic heterocycles. The molecule has 112 valence electrons. The highest BCUT2D eigenvalue weighted by Gasteiger charge is 2.15. The first kappa shape index (κ1) is 15.8. The van der Waals surface area contributed by atoms with Crippen LogP contribution < -0.4 is 5.32 Å². The number of rotatable bonds is 5. The zero-order valence-electron chi connectivity index (χ0n) is 11.3. The number of carbonyl (C=O) groups excluding carboxylic acids is 2. The molecule has 0 fully saturated rings. The molecule has 0 heterocycles. The third-order valence-electron chi connectivity index (χ3n) is 2.94. The van der Waals surface area contributed by atoms with Crippen LogP contribution in [0.25, 0.3) is 0 Å². The van der Waals surface area contributed by atoms with Gasteiger partial charge in [-0.1, -0.05) is 40.2 Å². The van der Waals surface area contributed by atoms with Crippen molar-refractivity contribution in [3.05, 3.63) is 69.8 Å². The summed E-state index contributed by atoms with van der Waals surface area (Å²) in [4.78, 5) is 33.9. The van der Waals surface area contributed by atoms with Gasteiger partial charge < -0.3 is 5.32 Å². The van der Waals surface area contributed by atoms with Crippen LogP contribution in [0.1, 0.15) is 20.7 Å². The number of nitro benzene ring substituents is 1. The van der Waals surface area contributed by atoms with Crippen molar-refractivity contribution in [2.24, 2.45) is 0 Å². The lowest BCUT2D eigenvalue weighted by Gasteiger charge is -2.06. The van der Waals surface area contributed by atoms with E-state index in [0.29, 0.717) is 11.1 Å². The van der Waals surface area contributed by atoms with E-state index in [2.05, 4.69) is 21.2 Å². The lowest BCUT2D eigenvalue weighted by molar-refractivity contribution is -0.383. The van der Waals surface area contributed by atoms with Crippen LogP contribution in [0.5, 0.6) is 0 Å². The Morgan fingerprint density at radius 2 is 1.64 bits per heavy atom. The van der Waals surface area contributed by atoms with Gasteiger partial charge in [0.25, 0.3) is 11.6 Å². The van der Waals surface area contributed by atoms with E-state index in [0.717, 1.165) is 0 Å². The number of ketones is 1. The second kappa shape index (κ2) is 6.95. The maximum atomic E-state index is 12.1. The molecule has 0 aromatic heterocycles. The summed E-state index contributed by atoms with van der Waals surface area (Å²) in [5, 5.41) is 13.6. The number of nitrogens with one attached hydrogen (secondary N) is 1. The summed E-state index contributed by atoms with van der Waals surface area (Å²) in [5.41, 5.74) is 0.739. The van der Waals surface area contributed by atoms with Crippen molar-refractivity contribution in [3.63, 3.8) is 0 Å². The van der Waals surface area contributed by atoms with Crippen LogP contribution in [0, 0.1) is 10.1 Å². The van der Waals surface area contributed by atoms with E-state index >= 15 is 0 Å². The summed E-state index contributed by atoms with van der Waals surface area (Å²) in [6, 6.07) is 12.0. The molecule has 2 aromatic rings. The Labute approximate surface area is 134 Å². The van der Waals surface area contributed by atoms with Crippen LogP contribution in [0.4, 0.5) is 11.4 Å². The van der Waals surface area contributed by atoms with Crippen LogP contribution in [0.15, 0.2) is 48.5 Å². The van der Waals surface area contributed by atoms with Gasteiger partial charge in [0.05, 0.1) is 10.3 Å². The van der Waals surface area contributed by atoms with Crippen molar-refractivity contribution >= 4 is 39.0 Å². The van der Waals surface area contributed by atoms with Crippen LogP contribution in [-0.2, 0) is 0 Å². The van der Waals surface area contributed by atoms with Crippen molar-refractivity contribution in [2.45, 2.75) is 0 Å². The molecule has 0 bridgehead atoms.